The molecule has 0 spiro atoms. The highest BCUT2D eigenvalue weighted by Crippen LogP contribution is 2.23. The van der Waals surface area contributed by atoms with Crippen LogP contribution in [0.2, 0.25) is 5.02 Å². The van der Waals surface area contributed by atoms with E-state index in [1.807, 2.05) is 54.6 Å². The molecule has 4 rings (SSSR count). The smallest absolute Gasteiger partial charge is 0.250 e. The predicted octanol–water partition coefficient (Wildman–Crippen LogP) is 4.93. The Bertz CT molecular complexity index is 964. The minimum atomic E-state index is -0.495. The highest BCUT2D eigenvalue weighted by Gasteiger charge is 2.06. The zero-order chi connectivity index (χ0) is 17.6. The average molecular weight is 351 g/mol. The predicted molar refractivity (Wildman–Crippen MR) is 99.4 cm³/mol. The third-order valence-electron chi connectivity index (χ3n) is 3.45. The molecule has 124 valence electrons. The largest absolute Gasteiger partial charge is 0.436 e. The van der Waals surface area contributed by atoms with Crippen LogP contribution in [0.1, 0.15) is 10.4 Å². The van der Waals surface area contributed by atoms with Gasteiger partial charge in [0.05, 0.1) is 10.6 Å². The summed E-state index contributed by atoms with van der Waals surface area (Å²) in [6.45, 7) is 0. The molecule has 0 aliphatic carbocycles. The number of carbonyl (C=O) groups excluding carboxylic acids is 1. The van der Waals surface area contributed by atoms with E-state index in [0.29, 0.717) is 16.5 Å². The molecule has 4 nitrogen and oxygen atoms in total. The number of oxazole rings is 1. The molecule has 0 saturated heterocycles. The second-order valence-corrected chi connectivity index (χ2v) is 5.60. The molecule has 0 atom stereocenters. The molecule has 0 aliphatic rings. The van der Waals surface area contributed by atoms with Crippen LogP contribution in [-0.2, 0) is 0 Å². The number of hydrogen-bond donors (Lipinski definition) is 1. The van der Waals surface area contributed by atoms with Gasteiger partial charge >= 0.3 is 0 Å². The zero-order valence-electron chi connectivity index (χ0n) is 13.2. The van der Waals surface area contributed by atoms with Crippen molar-refractivity contribution < 1.29 is 9.21 Å². The number of nitrogens with two attached hydrogens (primary N) is 1. The van der Waals surface area contributed by atoms with Crippen LogP contribution >= 0.6 is 11.6 Å². The summed E-state index contributed by atoms with van der Waals surface area (Å²) in [5.74, 6) is 0.183. The number of halogens is 1. The number of carbonyl (C=O) groups is 1. The molecular weight excluding hydrogens is 336 g/mol. The number of fused-ring (bicyclic) bond motifs is 1. The SMILES string of the molecule is NC(=O)c1ccccc1Cl.c1ccc(-c2nc3ccccc3o2)cc1. The Morgan fingerprint density at radius 3 is 2.16 bits per heavy atom. The van der Waals surface area contributed by atoms with Crippen LogP contribution in [0.4, 0.5) is 0 Å². The van der Waals surface area contributed by atoms with Crippen molar-refractivity contribution in [3.8, 4) is 11.5 Å². The van der Waals surface area contributed by atoms with E-state index in [1.54, 1.807) is 24.3 Å². The monoisotopic (exact) mass is 350 g/mol. The van der Waals surface area contributed by atoms with Crippen molar-refractivity contribution in [1.82, 2.24) is 4.98 Å². The summed E-state index contributed by atoms with van der Waals surface area (Å²) in [6, 6.07) is 24.4. The van der Waals surface area contributed by atoms with Gasteiger partial charge in [0.15, 0.2) is 5.58 Å². The summed E-state index contributed by atoms with van der Waals surface area (Å²) in [5, 5.41) is 0.398. The number of rotatable bonds is 2. The van der Waals surface area contributed by atoms with E-state index in [9.17, 15) is 4.79 Å². The molecule has 1 amide bonds. The van der Waals surface area contributed by atoms with Gasteiger partial charge in [-0.25, -0.2) is 4.98 Å². The van der Waals surface area contributed by atoms with Gasteiger partial charge in [-0.15, -0.1) is 0 Å². The maximum atomic E-state index is 10.6. The minimum absolute atomic E-state index is 0.365. The number of primary amides is 1. The first-order valence-electron chi connectivity index (χ1n) is 7.60. The topological polar surface area (TPSA) is 69.1 Å². The number of nitrogens with zero attached hydrogens (tertiary/aromatic N) is 1. The number of amides is 1. The molecule has 25 heavy (non-hydrogen) atoms. The van der Waals surface area contributed by atoms with Crippen molar-refractivity contribution in [3.63, 3.8) is 0 Å². The first-order valence-corrected chi connectivity index (χ1v) is 7.98. The van der Waals surface area contributed by atoms with Gasteiger partial charge in [0, 0.05) is 5.56 Å². The summed E-state index contributed by atoms with van der Waals surface area (Å²) in [6.07, 6.45) is 0. The fraction of sp³-hybridized carbons (Fsp3) is 0. The summed E-state index contributed by atoms with van der Waals surface area (Å²) >= 11 is 5.62. The van der Waals surface area contributed by atoms with Crippen LogP contribution in [0, 0.1) is 0 Å². The highest BCUT2D eigenvalue weighted by molar-refractivity contribution is 6.33. The van der Waals surface area contributed by atoms with Crippen LogP contribution < -0.4 is 5.73 Å². The van der Waals surface area contributed by atoms with Crippen molar-refractivity contribution >= 4 is 28.6 Å². The van der Waals surface area contributed by atoms with E-state index in [4.69, 9.17) is 21.8 Å². The second-order valence-electron chi connectivity index (χ2n) is 5.20. The maximum Gasteiger partial charge on any atom is 0.250 e. The molecular formula is C20H15ClN2O2. The van der Waals surface area contributed by atoms with Crippen molar-refractivity contribution in [2.24, 2.45) is 5.73 Å². The maximum absolute atomic E-state index is 10.6. The van der Waals surface area contributed by atoms with Gasteiger partial charge in [0.2, 0.25) is 11.8 Å². The molecule has 0 saturated carbocycles. The number of aromatic nitrogens is 1. The third kappa shape index (κ3) is 4.05. The van der Waals surface area contributed by atoms with E-state index in [2.05, 4.69) is 4.98 Å². The lowest BCUT2D eigenvalue weighted by molar-refractivity contribution is 0.100. The lowest BCUT2D eigenvalue weighted by Gasteiger charge is -1.95. The fourth-order valence-corrected chi connectivity index (χ4v) is 2.47. The molecule has 0 unspecified atom stereocenters. The van der Waals surface area contributed by atoms with Gasteiger partial charge in [-0.3, -0.25) is 4.79 Å². The lowest BCUT2D eigenvalue weighted by atomic mass is 10.2. The van der Waals surface area contributed by atoms with Gasteiger partial charge < -0.3 is 10.2 Å². The number of para-hydroxylation sites is 2. The molecule has 0 fully saturated rings. The van der Waals surface area contributed by atoms with Gasteiger partial charge in [-0.05, 0) is 36.4 Å². The fourth-order valence-electron chi connectivity index (χ4n) is 2.24. The molecule has 0 bridgehead atoms. The lowest BCUT2D eigenvalue weighted by Crippen LogP contribution is -2.10. The third-order valence-corrected chi connectivity index (χ3v) is 3.78. The van der Waals surface area contributed by atoms with E-state index in [1.165, 1.54) is 0 Å². The average Bonchev–Trinajstić information content (AvgIpc) is 3.07. The Morgan fingerprint density at radius 2 is 1.52 bits per heavy atom. The molecule has 3 aromatic carbocycles. The molecule has 0 radical (unpaired) electrons. The first-order chi connectivity index (χ1) is 12.1. The van der Waals surface area contributed by atoms with Gasteiger partial charge in [0.25, 0.3) is 0 Å². The molecule has 0 aliphatic heterocycles. The normalized spacial score (nSPS) is 10.1. The Kier molecular flexibility index (Phi) is 5.11. The summed E-state index contributed by atoms with van der Waals surface area (Å²) in [4.78, 5) is 15.0. The summed E-state index contributed by atoms with van der Waals surface area (Å²) < 4.78 is 5.64. The van der Waals surface area contributed by atoms with Crippen molar-refractivity contribution in [3.05, 3.63) is 89.4 Å². The Hall–Kier alpha value is -3.11. The van der Waals surface area contributed by atoms with Crippen molar-refractivity contribution in [1.29, 1.82) is 0 Å². The first kappa shape index (κ1) is 16.7. The van der Waals surface area contributed by atoms with Crippen LogP contribution in [0.15, 0.2) is 83.3 Å². The van der Waals surface area contributed by atoms with E-state index >= 15 is 0 Å². The van der Waals surface area contributed by atoms with Crippen LogP contribution in [0.25, 0.3) is 22.6 Å². The number of hydrogen-bond acceptors (Lipinski definition) is 3. The van der Waals surface area contributed by atoms with E-state index in [-0.39, 0.29) is 0 Å². The quantitative estimate of drug-likeness (QED) is 0.557. The minimum Gasteiger partial charge on any atom is -0.436 e. The molecule has 2 N–H and O–H groups in total. The Labute approximate surface area is 149 Å². The van der Waals surface area contributed by atoms with Crippen molar-refractivity contribution in [2.75, 3.05) is 0 Å². The number of benzene rings is 3. The molecule has 1 heterocycles. The van der Waals surface area contributed by atoms with Crippen LogP contribution in [0.5, 0.6) is 0 Å². The van der Waals surface area contributed by atoms with Crippen LogP contribution in [0.3, 0.4) is 0 Å². The van der Waals surface area contributed by atoms with Gasteiger partial charge in [0.1, 0.15) is 5.52 Å². The molecule has 1 aromatic heterocycles. The highest BCUT2D eigenvalue weighted by atomic mass is 35.5. The molecule has 4 aromatic rings. The van der Waals surface area contributed by atoms with Crippen LogP contribution in [-0.4, -0.2) is 10.9 Å². The Balaban J connectivity index is 0.000000160. The second kappa shape index (κ2) is 7.64. The molecule has 5 heteroatoms. The zero-order valence-corrected chi connectivity index (χ0v) is 14.0. The Morgan fingerprint density at radius 1 is 0.880 bits per heavy atom. The van der Waals surface area contributed by atoms with E-state index in [0.717, 1.165) is 16.7 Å². The van der Waals surface area contributed by atoms with Crippen molar-refractivity contribution in [2.45, 2.75) is 0 Å². The summed E-state index contributed by atoms with van der Waals surface area (Å²) in [7, 11) is 0. The van der Waals surface area contributed by atoms with E-state index < -0.39 is 5.91 Å². The van der Waals surface area contributed by atoms with Gasteiger partial charge in [-0.1, -0.05) is 54.1 Å². The standard InChI is InChI=1S/C13H9NO.C7H6ClNO/c1-2-6-10(7-3-1)13-14-11-8-4-5-9-12(11)15-13;8-6-4-2-1-3-5(6)7(9)10/h1-9H;1-4H,(H2,9,10). The summed E-state index contributed by atoms with van der Waals surface area (Å²) in [5.41, 5.74) is 8.09. The van der Waals surface area contributed by atoms with Gasteiger partial charge in [-0.2, -0.15) is 0 Å².